The summed E-state index contributed by atoms with van der Waals surface area (Å²) in [5.74, 6) is -0.831. The van der Waals surface area contributed by atoms with Gasteiger partial charge in [-0.3, -0.25) is 4.79 Å². The van der Waals surface area contributed by atoms with Gasteiger partial charge in [-0.15, -0.1) is 0 Å². The number of nitrogens with two attached hydrogens (primary N) is 1. The van der Waals surface area contributed by atoms with E-state index in [-0.39, 0.29) is 17.3 Å². The largest absolute Gasteiger partial charge is 0.504 e. The van der Waals surface area contributed by atoms with E-state index in [2.05, 4.69) is 0 Å². The lowest BCUT2D eigenvalue weighted by atomic mass is 10.1. The van der Waals surface area contributed by atoms with Gasteiger partial charge in [-0.2, -0.15) is 0 Å². The smallest absolute Gasteiger partial charge is 0.179 e. The molecule has 1 rings (SSSR count). The third-order valence-electron chi connectivity index (χ3n) is 1.67. The Morgan fingerprint density at radius 2 is 2.00 bits per heavy atom. The number of phenols is 2. The van der Waals surface area contributed by atoms with Crippen LogP contribution in [0.1, 0.15) is 17.3 Å². The predicted molar refractivity (Wildman–Crippen MR) is 47.8 cm³/mol. The topological polar surface area (TPSA) is 83.6 Å². The second kappa shape index (κ2) is 3.45. The van der Waals surface area contributed by atoms with Crippen LogP contribution in [-0.2, 0) is 0 Å². The van der Waals surface area contributed by atoms with Crippen LogP contribution in [0.5, 0.6) is 11.5 Å². The molecule has 0 heterocycles. The van der Waals surface area contributed by atoms with E-state index in [0.29, 0.717) is 5.56 Å². The van der Waals surface area contributed by atoms with Crippen LogP contribution in [0.2, 0.25) is 0 Å². The number of Topliss-reactive ketones (excluding diaryl/α,β-unsaturated/α-hetero) is 1. The molecule has 0 aromatic heterocycles. The van der Waals surface area contributed by atoms with E-state index in [4.69, 9.17) is 15.9 Å². The molecule has 0 aliphatic heterocycles. The van der Waals surface area contributed by atoms with Gasteiger partial charge >= 0.3 is 0 Å². The standard InChI is InChI=1S/C9H11NO3/c1-5(10)9(13)6-2-3-7(11)8(12)4-6/h2-5,11-12H,10H2,1H3. The molecule has 0 saturated heterocycles. The molecular weight excluding hydrogens is 170 g/mol. The van der Waals surface area contributed by atoms with Crippen molar-refractivity contribution in [3.05, 3.63) is 23.8 Å². The molecule has 4 heteroatoms. The van der Waals surface area contributed by atoms with E-state index in [1.165, 1.54) is 18.2 Å². The highest BCUT2D eigenvalue weighted by molar-refractivity contribution is 6.00. The number of rotatable bonds is 2. The van der Waals surface area contributed by atoms with Crippen LogP contribution in [-0.4, -0.2) is 22.0 Å². The highest BCUT2D eigenvalue weighted by atomic mass is 16.3. The summed E-state index contributed by atoms with van der Waals surface area (Å²) >= 11 is 0. The maximum atomic E-state index is 11.3. The fourth-order valence-electron chi connectivity index (χ4n) is 0.940. The molecule has 0 spiro atoms. The van der Waals surface area contributed by atoms with Crippen molar-refractivity contribution >= 4 is 5.78 Å². The first-order chi connectivity index (χ1) is 6.02. The fraction of sp³-hybridized carbons (Fsp3) is 0.222. The first-order valence-electron chi connectivity index (χ1n) is 3.84. The Morgan fingerprint density at radius 3 is 2.46 bits per heavy atom. The molecule has 1 unspecified atom stereocenters. The molecule has 0 aliphatic carbocycles. The molecule has 0 radical (unpaired) electrons. The van der Waals surface area contributed by atoms with E-state index in [1.807, 2.05) is 0 Å². The van der Waals surface area contributed by atoms with Gasteiger partial charge in [0.2, 0.25) is 0 Å². The number of carbonyl (C=O) groups excluding carboxylic acids is 1. The Balaban J connectivity index is 3.04. The van der Waals surface area contributed by atoms with Gasteiger partial charge in [-0.1, -0.05) is 0 Å². The van der Waals surface area contributed by atoms with Crippen molar-refractivity contribution in [1.82, 2.24) is 0 Å². The van der Waals surface area contributed by atoms with Crippen LogP contribution in [0.3, 0.4) is 0 Å². The summed E-state index contributed by atoms with van der Waals surface area (Å²) in [7, 11) is 0. The minimum atomic E-state index is -0.607. The van der Waals surface area contributed by atoms with E-state index < -0.39 is 6.04 Å². The van der Waals surface area contributed by atoms with Gasteiger partial charge < -0.3 is 15.9 Å². The second-order valence-electron chi connectivity index (χ2n) is 2.86. The number of aromatic hydroxyl groups is 2. The maximum Gasteiger partial charge on any atom is 0.179 e. The molecule has 4 nitrogen and oxygen atoms in total. The molecule has 0 aliphatic rings. The number of ketones is 1. The summed E-state index contributed by atoms with van der Waals surface area (Å²) in [5, 5.41) is 18.1. The van der Waals surface area contributed by atoms with Crippen LogP contribution in [0.4, 0.5) is 0 Å². The summed E-state index contributed by atoms with van der Waals surface area (Å²) in [4.78, 5) is 11.3. The molecule has 4 N–H and O–H groups in total. The zero-order valence-electron chi connectivity index (χ0n) is 7.19. The zero-order valence-corrected chi connectivity index (χ0v) is 7.19. The molecule has 0 saturated carbocycles. The normalized spacial score (nSPS) is 12.5. The van der Waals surface area contributed by atoms with E-state index in [9.17, 15) is 4.79 Å². The zero-order chi connectivity index (χ0) is 10.0. The number of phenolic OH excluding ortho intramolecular Hbond substituents is 2. The summed E-state index contributed by atoms with van der Waals surface area (Å²) in [6.45, 7) is 1.56. The Hall–Kier alpha value is -1.55. The molecule has 0 bridgehead atoms. The van der Waals surface area contributed by atoms with Crippen molar-refractivity contribution < 1.29 is 15.0 Å². The molecular formula is C9H11NO3. The van der Waals surface area contributed by atoms with E-state index in [1.54, 1.807) is 6.92 Å². The summed E-state index contributed by atoms with van der Waals surface area (Å²) in [6, 6.07) is 3.26. The minimum absolute atomic E-state index is 0.249. The van der Waals surface area contributed by atoms with Crippen molar-refractivity contribution in [1.29, 1.82) is 0 Å². The summed E-state index contributed by atoms with van der Waals surface area (Å²) in [6.07, 6.45) is 0. The Kier molecular flexibility index (Phi) is 2.53. The van der Waals surface area contributed by atoms with Gasteiger partial charge in [0.05, 0.1) is 6.04 Å². The van der Waals surface area contributed by atoms with Crippen LogP contribution >= 0.6 is 0 Å². The molecule has 1 atom stereocenters. The lowest BCUT2D eigenvalue weighted by Gasteiger charge is -2.05. The Morgan fingerprint density at radius 1 is 1.38 bits per heavy atom. The van der Waals surface area contributed by atoms with Crippen LogP contribution < -0.4 is 5.73 Å². The third-order valence-corrected chi connectivity index (χ3v) is 1.67. The highest BCUT2D eigenvalue weighted by Gasteiger charge is 2.12. The third kappa shape index (κ3) is 1.97. The quantitative estimate of drug-likeness (QED) is 0.461. The first kappa shape index (κ1) is 9.54. The molecule has 1 aromatic rings. The van der Waals surface area contributed by atoms with Gasteiger partial charge in [0, 0.05) is 5.56 Å². The van der Waals surface area contributed by atoms with Gasteiger partial charge in [-0.25, -0.2) is 0 Å². The number of carbonyl (C=O) groups is 1. The fourth-order valence-corrected chi connectivity index (χ4v) is 0.940. The van der Waals surface area contributed by atoms with Crippen molar-refractivity contribution in [2.75, 3.05) is 0 Å². The first-order valence-corrected chi connectivity index (χ1v) is 3.84. The maximum absolute atomic E-state index is 11.3. The SMILES string of the molecule is CC(N)C(=O)c1ccc(O)c(O)c1. The molecule has 1 aromatic carbocycles. The van der Waals surface area contributed by atoms with Crippen LogP contribution in [0.25, 0.3) is 0 Å². The highest BCUT2D eigenvalue weighted by Crippen LogP contribution is 2.25. The average molecular weight is 181 g/mol. The monoisotopic (exact) mass is 181 g/mol. The molecule has 13 heavy (non-hydrogen) atoms. The number of hydrogen-bond donors (Lipinski definition) is 3. The molecule has 0 amide bonds. The number of hydrogen-bond acceptors (Lipinski definition) is 4. The number of benzene rings is 1. The van der Waals surface area contributed by atoms with E-state index in [0.717, 1.165) is 0 Å². The van der Waals surface area contributed by atoms with Crippen molar-refractivity contribution in [3.63, 3.8) is 0 Å². The van der Waals surface area contributed by atoms with Gasteiger partial charge in [0.25, 0.3) is 0 Å². The van der Waals surface area contributed by atoms with Crippen LogP contribution in [0.15, 0.2) is 18.2 Å². The minimum Gasteiger partial charge on any atom is -0.504 e. The van der Waals surface area contributed by atoms with Gasteiger partial charge in [0.1, 0.15) is 0 Å². The average Bonchev–Trinajstić information content (AvgIpc) is 2.08. The van der Waals surface area contributed by atoms with Crippen molar-refractivity contribution in [3.8, 4) is 11.5 Å². The molecule has 0 fully saturated rings. The van der Waals surface area contributed by atoms with Crippen molar-refractivity contribution in [2.45, 2.75) is 13.0 Å². The summed E-state index contributed by atoms with van der Waals surface area (Å²) < 4.78 is 0. The van der Waals surface area contributed by atoms with Crippen LogP contribution in [0, 0.1) is 0 Å². The Labute approximate surface area is 75.6 Å². The molecule has 70 valence electrons. The predicted octanol–water partition coefficient (Wildman–Crippen LogP) is 0.628. The Bertz CT molecular complexity index is 334. The van der Waals surface area contributed by atoms with Crippen molar-refractivity contribution in [2.24, 2.45) is 5.73 Å². The lowest BCUT2D eigenvalue weighted by molar-refractivity contribution is 0.0967. The second-order valence-corrected chi connectivity index (χ2v) is 2.86. The van der Waals surface area contributed by atoms with Gasteiger partial charge in [0.15, 0.2) is 17.3 Å². The summed E-state index contributed by atoms with van der Waals surface area (Å²) in [5.41, 5.74) is 5.66. The van der Waals surface area contributed by atoms with E-state index >= 15 is 0 Å². The van der Waals surface area contributed by atoms with Gasteiger partial charge in [-0.05, 0) is 25.1 Å². The lowest BCUT2D eigenvalue weighted by Crippen LogP contribution is -2.26.